The van der Waals surface area contributed by atoms with Crippen LogP contribution in [0.2, 0.25) is 0 Å². The summed E-state index contributed by atoms with van der Waals surface area (Å²) in [6, 6.07) is 0. The largest absolute Gasteiger partial charge is 0.453 e. The normalized spacial score (nSPS) is 11.2. The second-order valence-corrected chi connectivity index (χ2v) is 3.90. The molecule has 0 aromatic carbocycles. The van der Waals surface area contributed by atoms with E-state index in [1.54, 1.807) is 4.90 Å². The van der Waals surface area contributed by atoms with E-state index in [2.05, 4.69) is 5.32 Å². The predicted octanol–water partition coefficient (Wildman–Crippen LogP) is 1.07. The van der Waals surface area contributed by atoms with E-state index in [4.69, 9.17) is 4.74 Å². The Morgan fingerprint density at radius 1 is 1.46 bits per heavy atom. The van der Waals surface area contributed by atoms with E-state index in [1.165, 1.54) is 7.11 Å². The zero-order chi connectivity index (χ0) is 10.5. The standard InChI is InChI=1S/C9H20N2O2/c1-9(2,3)11(7-6-10-4)8(12)13-5/h10H,6-7H2,1-5H3. The molecule has 0 aromatic rings. The number of amides is 1. The van der Waals surface area contributed by atoms with Crippen LogP contribution in [0.15, 0.2) is 0 Å². The van der Waals surface area contributed by atoms with Crippen molar-refractivity contribution < 1.29 is 9.53 Å². The maximum atomic E-state index is 11.3. The minimum absolute atomic E-state index is 0.191. The van der Waals surface area contributed by atoms with Crippen LogP contribution in [-0.2, 0) is 4.74 Å². The highest BCUT2D eigenvalue weighted by Crippen LogP contribution is 2.13. The van der Waals surface area contributed by atoms with Gasteiger partial charge >= 0.3 is 6.09 Å². The molecule has 0 atom stereocenters. The number of nitrogens with one attached hydrogen (secondary N) is 1. The van der Waals surface area contributed by atoms with Crippen molar-refractivity contribution >= 4 is 6.09 Å². The summed E-state index contributed by atoms with van der Waals surface area (Å²) in [6.45, 7) is 7.39. The molecule has 0 unspecified atom stereocenters. The first-order valence-corrected chi connectivity index (χ1v) is 4.43. The highest BCUT2D eigenvalue weighted by atomic mass is 16.5. The van der Waals surface area contributed by atoms with Gasteiger partial charge in [0, 0.05) is 18.6 Å². The molecule has 4 heteroatoms. The van der Waals surface area contributed by atoms with Gasteiger partial charge in [0.15, 0.2) is 0 Å². The van der Waals surface area contributed by atoms with Gasteiger partial charge in [-0.1, -0.05) is 0 Å². The van der Waals surface area contributed by atoms with Gasteiger partial charge in [-0.15, -0.1) is 0 Å². The van der Waals surface area contributed by atoms with Gasteiger partial charge in [-0.3, -0.25) is 0 Å². The molecule has 0 aliphatic rings. The van der Waals surface area contributed by atoms with Crippen LogP contribution in [0.4, 0.5) is 4.79 Å². The Labute approximate surface area is 80.2 Å². The molecule has 0 spiro atoms. The van der Waals surface area contributed by atoms with E-state index < -0.39 is 0 Å². The number of ether oxygens (including phenoxy) is 1. The molecule has 0 saturated heterocycles. The first-order chi connectivity index (χ1) is 5.93. The first kappa shape index (κ1) is 12.2. The molecular formula is C9H20N2O2. The summed E-state index contributed by atoms with van der Waals surface area (Å²) in [6.07, 6.45) is -0.275. The van der Waals surface area contributed by atoms with Gasteiger partial charge in [-0.2, -0.15) is 0 Å². The first-order valence-electron chi connectivity index (χ1n) is 4.43. The van der Waals surface area contributed by atoms with Gasteiger partial charge < -0.3 is 15.0 Å². The van der Waals surface area contributed by atoms with Crippen LogP contribution >= 0.6 is 0 Å². The highest BCUT2D eigenvalue weighted by molar-refractivity contribution is 5.68. The van der Waals surface area contributed by atoms with Crippen molar-refractivity contribution in [3.8, 4) is 0 Å². The molecule has 0 aromatic heterocycles. The smallest absolute Gasteiger partial charge is 0.409 e. The molecule has 4 nitrogen and oxygen atoms in total. The van der Waals surface area contributed by atoms with Crippen molar-refractivity contribution in [2.75, 3.05) is 27.2 Å². The third kappa shape index (κ3) is 4.12. The summed E-state index contributed by atoms with van der Waals surface area (Å²) in [5, 5.41) is 3.00. The Morgan fingerprint density at radius 2 is 2.00 bits per heavy atom. The van der Waals surface area contributed by atoms with Crippen LogP contribution in [0.5, 0.6) is 0 Å². The van der Waals surface area contributed by atoms with E-state index in [9.17, 15) is 4.79 Å². The van der Waals surface area contributed by atoms with Gasteiger partial charge in [0.1, 0.15) is 0 Å². The predicted molar refractivity (Wildman–Crippen MR) is 52.8 cm³/mol. The van der Waals surface area contributed by atoms with E-state index in [0.29, 0.717) is 6.54 Å². The van der Waals surface area contributed by atoms with Crippen LogP contribution in [0.1, 0.15) is 20.8 Å². The van der Waals surface area contributed by atoms with Crippen LogP contribution in [-0.4, -0.2) is 43.8 Å². The average Bonchev–Trinajstić information content (AvgIpc) is 2.02. The fourth-order valence-electron chi connectivity index (χ4n) is 1.03. The fourth-order valence-corrected chi connectivity index (χ4v) is 1.03. The number of methoxy groups -OCH3 is 1. The molecule has 1 amide bonds. The number of hydrogen-bond acceptors (Lipinski definition) is 3. The molecule has 0 radical (unpaired) electrons. The van der Waals surface area contributed by atoms with Gasteiger partial charge in [0.05, 0.1) is 7.11 Å². The Balaban J connectivity index is 4.28. The minimum Gasteiger partial charge on any atom is -0.453 e. The zero-order valence-electron chi connectivity index (χ0n) is 9.18. The van der Waals surface area contributed by atoms with Crippen molar-refractivity contribution in [3.63, 3.8) is 0 Å². The second kappa shape index (κ2) is 5.07. The summed E-state index contributed by atoms with van der Waals surface area (Å²) in [5.74, 6) is 0. The SMILES string of the molecule is CNCCN(C(=O)OC)C(C)(C)C. The van der Waals surface area contributed by atoms with Crippen LogP contribution < -0.4 is 5.32 Å². The minimum atomic E-state index is -0.275. The molecule has 13 heavy (non-hydrogen) atoms. The van der Waals surface area contributed by atoms with E-state index in [1.807, 2.05) is 27.8 Å². The Morgan fingerprint density at radius 3 is 2.31 bits per heavy atom. The molecule has 1 N–H and O–H groups in total. The van der Waals surface area contributed by atoms with Crippen molar-refractivity contribution in [1.82, 2.24) is 10.2 Å². The van der Waals surface area contributed by atoms with Gasteiger partial charge in [0.2, 0.25) is 0 Å². The van der Waals surface area contributed by atoms with Crippen molar-refractivity contribution in [3.05, 3.63) is 0 Å². The van der Waals surface area contributed by atoms with Crippen LogP contribution in [0.25, 0.3) is 0 Å². The van der Waals surface area contributed by atoms with Crippen LogP contribution in [0, 0.1) is 0 Å². The summed E-state index contributed by atoms with van der Waals surface area (Å²) in [4.78, 5) is 13.0. The van der Waals surface area contributed by atoms with Crippen molar-refractivity contribution in [1.29, 1.82) is 0 Å². The van der Waals surface area contributed by atoms with Gasteiger partial charge in [-0.05, 0) is 27.8 Å². The summed E-state index contributed by atoms with van der Waals surface area (Å²) >= 11 is 0. The lowest BCUT2D eigenvalue weighted by Gasteiger charge is -2.34. The lowest BCUT2D eigenvalue weighted by atomic mass is 10.1. The molecule has 0 saturated carbocycles. The topological polar surface area (TPSA) is 41.6 Å². The molecular weight excluding hydrogens is 168 g/mol. The van der Waals surface area contributed by atoms with Crippen molar-refractivity contribution in [2.45, 2.75) is 26.3 Å². The highest BCUT2D eigenvalue weighted by Gasteiger charge is 2.26. The molecule has 0 bridgehead atoms. The number of rotatable bonds is 3. The lowest BCUT2D eigenvalue weighted by Crippen LogP contribution is -2.48. The number of carbonyl (C=O) groups excluding carboxylic acids is 1. The van der Waals surface area contributed by atoms with E-state index in [0.717, 1.165) is 6.54 Å². The zero-order valence-corrected chi connectivity index (χ0v) is 9.18. The summed E-state index contributed by atoms with van der Waals surface area (Å²) in [7, 11) is 3.26. The van der Waals surface area contributed by atoms with Crippen LogP contribution in [0.3, 0.4) is 0 Å². The Kier molecular flexibility index (Phi) is 4.77. The molecule has 0 aliphatic heterocycles. The summed E-state index contributed by atoms with van der Waals surface area (Å²) < 4.78 is 4.70. The molecule has 78 valence electrons. The molecule has 0 heterocycles. The average molecular weight is 188 g/mol. The second-order valence-electron chi connectivity index (χ2n) is 3.90. The maximum Gasteiger partial charge on any atom is 0.409 e. The van der Waals surface area contributed by atoms with Gasteiger partial charge in [0.25, 0.3) is 0 Å². The van der Waals surface area contributed by atoms with E-state index in [-0.39, 0.29) is 11.6 Å². The number of hydrogen-bond donors (Lipinski definition) is 1. The Hall–Kier alpha value is -0.770. The molecule has 0 aliphatic carbocycles. The van der Waals surface area contributed by atoms with Gasteiger partial charge in [-0.25, -0.2) is 4.79 Å². The fraction of sp³-hybridized carbons (Fsp3) is 0.889. The van der Waals surface area contributed by atoms with E-state index >= 15 is 0 Å². The third-order valence-corrected chi connectivity index (χ3v) is 1.79. The Bertz CT molecular complexity index is 163. The number of likely N-dealkylation sites (N-methyl/N-ethyl adjacent to an activating group) is 1. The quantitative estimate of drug-likeness (QED) is 0.720. The number of nitrogens with zero attached hydrogens (tertiary/aromatic N) is 1. The maximum absolute atomic E-state index is 11.3. The summed E-state index contributed by atoms with van der Waals surface area (Å²) in [5.41, 5.74) is -0.191. The molecule has 0 rings (SSSR count). The molecule has 0 fully saturated rings. The monoisotopic (exact) mass is 188 g/mol. The van der Waals surface area contributed by atoms with Crippen molar-refractivity contribution in [2.24, 2.45) is 0 Å². The third-order valence-electron chi connectivity index (χ3n) is 1.79. The lowest BCUT2D eigenvalue weighted by molar-refractivity contribution is 0.0845. The number of carbonyl (C=O) groups is 1.